The van der Waals surface area contributed by atoms with E-state index in [9.17, 15) is 14.7 Å². The van der Waals surface area contributed by atoms with Crippen LogP contribution in [0.15, 0.2) is 42.5 Å². The lowest BCUT2D eigenvalue weighted by molar-refractivity contribution is 0.133. The summed E-state index contributed by atoms with van der Waals surface area (Å²) in [7, 11) is 0. The quantitative estimate of drug-likeness (QED) is 0.754. The van der Waals surface area contributed by atoms with Crippen molar-refractivity contribution in [3.63, 3.8) is 0 Å². The van der Waals surface area contributed by atoms with Gasteiger partial charge in [-0.1, -0.05) is 24.3 Å². The lowest BCUT2D eigenvalue weighted by atomic mass is 9.88. The molecule has 6 heteroatoms. The van der Waals surface area contributed by atoms with Crippen LogP contribution in [-0.4, -0.2) is 41.3 Å². The summed E-state index contributed by atoms with van der Waals surface area (Å²) >= 11 is 0. The number of anilines is 2. The second-order valence-electron chi connectivity index (χ2n) is 7.42. The Morgan fingerprint density at radius 2 is 1.79 bits per heavy atom. The molecule has 0 aromatic heterocycles. The first-order valence-electron chi connectivity index (χ1n) is 10.2. The Bertz CT molecular complexity index is 893. The average molecular weight is 396 g/mol. The maximum Gasteiger partial charge on any atom is 0.415 e. The van der Waals surface area contributed by atoms with Gasteiger partial charge in [-0.05, 0) is 74.9 Å². The highest BCUT2D eigenvalue weighted by Crippen LogP contribution is 2.27. The van der Waals surface area contributed by atoms with Crippen LogP contribution in [0.4, 0.5) is 21.0 Å². The lowest BCUT2D eigenvalue weighted by Crippen LogP contribution is -2.48. The first kappa shape index (κ1) is 20.7. The fourth-order valence-electron chi connectivity index (χ4n) is 4.06. The largest absolute Gasteiger partial charge is 0.465 e. The Morgan fingerprint density at radius 1 is 1.10 bits per heavy atom. The van der Waals surface area contributed by atoms with Gasteiger partial charge in [0.1, 0.15) is 0 Å². The highest BCUT2D eigenvalue weighted by Gasteiger charge is 2.32. The molecule has 0 saturated heterocycles. The van der Waals surface area contributed by atoms with Gasteiger partial charge in [0.05, 0.1) is 0 Å². The summed E-state index contributed by atoms with van der Waals surface area (Å²) in [5.41, 5.74) is 4.97. The minimum absolute atomic E-state index is 0.363. The molecule has 3 amide bonds. The van der Waals surface area contributed by atoms with Gasteiger partial charge in [-0.15, -0.1) is 0 Å². The van der Waals surface area contributed by atoms with Crippen molar-refractivity contribution < 1.29 is 14.7 Å². The van der Waals surface area contributed by atoms with Crippen molar-refractivity contribution in [1.29, 1.82) is 0 Å². The molecule has 0 saturated carbocycles. The average Bonchev–Trinajstić information content (AvgIpc) is 2.70. The van der Waals surface area contributed by atoms with Gasteiger partial charge in [0.15, 0.2) is 0 Å². The molecule has 0 heterocycles. The van der Waals surface area contributed by atoms with Crippen molar-refractivity contribution in [2.75, 3.05) is 23.3 Å². The lowest BCUT2D eigenvalue weighted by Gasteiger charge is -2.32. The number of aryl methyl sites for hydroxylation is 2. The molecule has 1 aliphatic carbocycles. The predicted molar refractivity (Wildman–Crippen MR) is 116 cm³/mol. The molecule has 2 aromatic rings. The van der Waals surface area contributed by atoms with E-state index >= 15 is 0 Å². The van der Waals surface area contributed by atoms with Crippen LogP contribution in [0.5, 0.6) is 0 Å². The molecule has 3 rings (SSSR count). The summed E-state index contributed by atoms with van der Waals surface area (Å²) in [5.74, 6) is 0. The number of imide groups is 1. The van der Waals surface area contributed by atoms with Crippen LogP contribution in [0.3, 0.4) is 0 Å². The van der Waals surface area contributed by atoms with Crippen LogP contribution in [0.25, 0.3) is 0 Å². The summed E-state index contributed by atoms with van der Waals surface area (Å²) in [4.78, 5) is 28.0. The third-order valence-corrected chi connectivity index (χ3v) is 5.69. The number of nitrogens with zero attached hydrogens (tertiary/aromatic N) is 2. The van der Waals surface area contributed by atoms with E-state index in [0.29, 0.717) is 18.5 Å². The molecule has 1 atom stereocenters. The number of rotatable bonds is 5. The zero-order chi connectivity index (χ0) is 21.0. The SMILES string of the molecule is CCN(CC)c1ccc(NC(=O)N(C(=O)O)C2CCc3ccccc3C2)c(C)c1. The number of hydrogen-bond acceptors (Lipinski definition) is 3. The van der Waals surface area contributed by atoms with Gasteiger partial charge in [0.2, 0.25) is 0 Å². The molecule has 1 aliphatic rings. The number of nitrogens with one attached hydrogen (secondary N) is 1. The molecule has 2 N–H and O–H groups in total. The maximum atomic E-state index is 12.9. The minimum atomic E-state index is -1.22. The zero-order valence-corrected chi connectivity index (χ0v) is 17.3. The molecule has 2 aromatic carbocycles. The molecule has 6 nitrogen and oxygen atoms in total. The maximum absolute atomic E-state index is 12.9. The Kier molecular flexibility index (Phi) is 6.42. The molecule has 0 aliphatic heterocycles. The molecule has 154 valence electrons. The number of urea groups is 1. The molecular formula is C23H29N3O3. The smallest absolute Gasteiger partial charge is 0.415 e. The second-order valence-corrected chi connectivity index (χ2v) is 7.42. The third-order valence-electron chi connectivity index (χ3n) is 5.69. The summed E-state index contributed by atoms with van der Waals surface area (Å²) in [6.07, 6.45) is 0.742. The van der Waals surface area contributed by atoms with E-state index in [2.05, 4.69) is 30.1 Å². The Balaban J connectivity index is 1.76. The number of carbonyl (C=O) groups is 2. The summed E-state index contributed by atoms with van der Waals surface area (Å²) in [6.45, 7) is 7.92. The minimum Gasteiger partial charge on any atom is -0.465 e. The molecule has 0 fully saturated rings. The van der Waals surface area contributed by atoms with Crippen LogP contribution >= 0.6 is 0 Å². The van der Waals surface area contributed by atoms with E-state index in [1.54, 1.807) is 0 Å². The number of carboxylic acid groups (broad SMARTS) is 1. The van der Waals surface area contributed by atoms with Crippen LogP contribution in [0.1, 0.15) is 37.0 Å². The van der Waals surface area contributed by atoms with Crippen molar-refractivity contribution in [3.8, 4) is 0 Å². The molecule has 0 spiro atoms. The van der Waals surface area contributed by atoms with Gasteiger partial charge in [-0.3, -0.25) is 0 Å². The number of hydrogen-bond donors (Lipinski definition) is 2. The first-order chi connectivity index (χ1) is 13.9. The normalized spacial score (nSPS) is 15.3. The number of fused-ring (bicyclic) bond motifs is 1. The van der Waals surface area contributed by atoms with Gasteiger partial charge in [-0.2, -0.15) is 0 Å². The molecule has 0 radical (unpaired) electrons. The topological polar surface area (TPSA) is 72.9 Å². The fourth-order valence-corrected chi connectivity index (χ4v) is 4.06. The van der Waals surface area contributed by atoms with E-state index in [4.69, 9.17) is 0 Å². The number of amides is 3. The van der Waals surface area contributed by atoms with E-state index in [1.165, 1.54) is 5.56 Å². The van der Waals surface area contributed by atoms with Gasteiger partial charge in [0.25, 0.3) is 0 Å². The number of carbonyl (C=O) groups excluding carboxylic acids is 1. The summed E-state index contributed by atoms with van der Waals surface area (Å²) in [5, 5.41) is 12.5. The highest BCUT2D eigenvalue weighted by molar-refractivity contribution is 5.99. The van der Waals surface area contributed by atoms with Gasteiger partial charge in [0, 0.05) is 30.5 Å². The highest BCUT2D eigenvalue weighted by atomic mass is 16.4. The first-order valence-corrected chi connectivity index (χ1v) is 10.2. The Labute approximate surface area is 172 Å². The fraction of sp³-hybridized carbons (Fsp3) is 0.391. The van der Waals surface area contributed by atoms with Crippen molar-refractivity contribution in [2.45, 2.75) is 46.1 Å². The van der Waals surface area contributed by atoms with Crippen LogP contribution in [-0.2, 0) is 12.8 Å². The standard InChI is InChI=1S/C23H29N3O3/c1-4-25(5-2)19-12-13-21(16(3)14-19)24-22(27)26(23(28)29)20-11-10-17-8-6-7-9-18(17)15-20/h6-9,12-14,20H,4-5,10-11,15H2,1-3H3,(H,24,27)(H,28,29). The van der Waals surface area contributed by atoms with Crippen LogP contribution in [0, 0.1) is 6.92 Å². The summed E-state index contributed by atoms with van der Waals surface area (Å²) in [6, 6.07) is 12.9. The van der Waals surface area contributed by atoms with Crippen molar-refractivity contribution >= 4 is 23.5 Å². The van der Waals surface area contributed by atoms with E-state index in [-0.39, 0.29) is 6.04 Å². The molecule has 29 heavy (non-hydrogen) atoms. The van der Waals surface area contributed by atoms with E-state index in [0.717, 1.165) is 41.2 Å². The second kappa shape index (κ2) is 8.99. The third kappa shape index (κ3) is 4.53. The van der Waals surface area contributed by atoms with Crippen molar-refractivity contribution in [3.05, 3.63) is 59.2 Å². The summed E-state index contributed by atoms with van der Waals surface area (Å²) < 4.78 is 0. The molecular weight excluding hydrogens is 366 g/mol. The molecule has 0 bridgehead atoms. The van der Waals surface area contributed by atoms with Crippen molar-refractivity contribution in [1.82, 2.24) is 4.90 Å². The van der Waals surface area contributed by atoms with E-state index in [1.807, 2.05) is 43.3 Å². The van der Waals surface area contributed by atoms with Gasteiger partial charge >= 0.3 is 12.1 Å². The Hall–Kier alpha value is -3.02. The van der Waals surface area contributed by atoms with Crippen LogP contribution < -0.4 is 10.2 Å². The van der Waals surface area contributed by atoms with Crippen LogP contribution in [0.2, 0.25) is 0 Å². The monoisotopic (exact) mass is 395 g/mol. The molecule has 1 unspecified atom stereocenters. The van der Waals surface area contributed by atoms with Crippen molar-refractivity contribution in [2.24, 2.45) is 0 Å². The van der Waals surface area contributed by atoms with E-state index < -0.39 is 12.1 Å². The zero-order valence-electron chi connectivity index (χ0n) is 17.3. The predicted octanol–water partition coefficient (Wildman–Crippen LogP) is 4.91. The van der Waals surface area contributed by atoms with Gasteiger partial charge < -0.3 is 15.3 Å². The van der Waals surface area contributed by atoms with Gasteiger partial charge in [-0.25, -0.2) is 14.5 Å². The number of benzene rings is 2. The Morgan fingerprint density at radius 3 is 2.41 bits per heavy atom.